The number of nitrogens with zero attached hydrogens (tertiary/aromatic N) is 1. The molecule has 1 atom stereocenters. The van der Waals surface area contributed by atoms with Crippen molar-refractivity contribution in [3.63, 3.8) is 0 Å². The smallest absolute Gasteiger partial charge is 0.423 e. The van der Waals surface area contributed by atoms with Crippen molar-refractivity contribution in [1.29, 1.82) is 0 Å². The molecule has 1 heterocycles. The summed E-state index contributed by atoms with van der Waals surface area (Å²) in [5.74, 6) is 0. The van der Waals surface area contributed by atoms with E-state index in [1.807, 2.05) is 6.07 Å². The number of hydrogen-bond acceptors (Lipinski definition) is 3. The Bertz CT molecular complexity index is 679. The average molecular weight is 265 g/mol. The summed E-state index contributed by atoms with van der Waals surface area (Å²) < 4.78 is 5.13. The molecule has 0 aromatic heterocycles. The fourth-order valence-corrected chi connectivity index (χ4v) is 2.34. The maximum Gasteiger partial charge on any atom is 0.491 e. The lowest BCUT2D eigenvalue weighted by atomic mass is 9.79. The summed E-state index contributed by atoms with van der Waals surface area (Å²) in [5.41, 5.74) is 3.68. The number of benzene rings is 2. The summed E-state index contributed by atoms with van der Waals surface area (Å²) in [6, 6.07) is 12.3. The summed E-state index contributed by atoms with van der Waals surface area (Å²) in [5, 5.41) is 19.9. The summed E-state index contributed by atoms with van der Waals surface area (Å²) in [6.45, 7) is 7.27. The van der Waals surface area contributed by atoms with Gasteiger partial charge in [0.05, 0.1) is 13.2 Å². The zero-order chi connectivity index (χ0) is 14.1. The first-order chi connectivity index (χ1) is 9.69. The van der Waals surface area contributed by atoms with Crippen LogP contribution in [-0.4, -0.2) is 17.2 Å². The Morgan fingerprint density at radius 2 is 1.85 bits per heavy atom. The quantitative estimate of drug-likeness (QED) is 0.639. The number of fused-ring (bicyclic) bond motifs is 1. The largest absolute Gasteiger partial charge is 0.491 e. The first-order valence-corrected chi connectivity index (χ1v) is 6.27. The van der Waals surface area contributed by atoms with Crippen molar-refractivity contribution >= 4 is 18.3 Å². The molecule has 0 aliphatic carbocycles. The Morgan fingerprint density at radius 3 is 2.55 bits per heavy atom. The number of aliphatic hydroxyl groups excluding tert-OH is 1. The molecule has 0 radical (unpaired) electrons. The highest BCUT2D eigenvalue weighted by Gasteiger charge is 2.27. The SMILES string of the molecule is [C-]#[N+]c1ccc(C(O)c2ccc3c(c2)COB3O)cc1. The lowest BCUT2D eigenvalue weighted by molar-refractivity contribution is 0.220. The minimum atomic E-state index is -0.867. The molecule has 2 aromatic rings. The van der Waals surface area contributed by atoms with Gasteiger partial charge in [0.2, 0.25) is 0 Å². The minimum absolute atomic E-state index is 0.355. The maximum atomic E-state index is 10.4. The van der Waals surface area contributed by atoms with Gasteiger partial charge in [-0.3, -0.25) is 0 Å². The lowest BCUT2D eigenvalue weighted by Crippen LogP contribution is -2.28. The third-order valence-electron chi connectivity index (χ3n) is 3.48. The van der Waals surface area contributed by atoms with Gasteiger partial charge < -0.3 is 14.8 Å². The van der Waals surface area contributed by atoms with Crippen molar-refractivity contribution in [3.8, 4) is 0 Å². The molecule has 0 spiro atoms. The van der Waals surface area contributed by atoms with E-state index in [4.69, 9.17) is 11.2 Å². The molecule has 0 saturated carbocycles. The Labute approximate surface area is 117 Å². The second-order valence-corrected chi connectivity index (χ2v) is 4.73. The van der Waals surface area contributed by atoms with Crippen molar-refractivity contribution < 1.29 is 14.8 Å². The fraction of sp³-hybridized carbons (Fsp3) is 0.133. The van der Waals surface area contributed by atoms with Crippen LogP contribution in [0.2, 0.25) is 0 Å². The number of hydrogen-bond donors (Lipinski definition) is 2. The van der Waals surface area contributed by atoms with Crippen LogP contribution >= 0.6 is 0 Å². The van der Waals surface area contributed by atoms with Crippen molar-refractivity contribution in [2.24, 2.45) is 0 Å². The van der Waals surface area contributed by atoms with Gasteiger partial charge in [0.15, 0.2) is 5.69 Å². The molecule has 4 nitrogen and oxygen atoms in total. The second kappa shape index (κ2) is 5.10. The summed E-state index contributed by atoms with van der Waals surface area (Å²) in [4.78, 5) is 3.32. The van der Waals surface area contributed by atoms with Crippen LogP contribution in [0.4, 0.5) is 5.69 Å². The van der Waals surface area contributed by atoms with Crippen molar-refractivity contribution in [1.82, 2.24) is 0 Å². The van der Waals surface area contributed by atoms with Gasteiger partial charge in [0.1, 0.15) is 6.10 Å². The zero-order valence-corrected chi connectivity index (χ0v) is 10.7. The molecule has 1 aliphatic heterocycles. The van der Waals surface area contributed by atoms with E-state index in [1.54, 1.807) is 36.4 Å². The molecule has 1 unspecified atom stereocenters. The molecular formula is C15H12BNO3. The molecule has 20 heavy (non-hydrogen) atoms. The first-order valence-electron chi connectivity index (χ1n) is 6.27. The highest BCUT2D eigenvalue weighted by atomic mass is 16.5. The number of aliphatic hydroxyl groups is 1. The molecule has 2 N–H and O–H groups in total. The van der Waals surface area contributed by atoms with Gasteiger partial charge >= 0.3 is 7.12 Å². The van der Waals surface area contributed by atoms with E-state index < -0.39 is 13.2 Å². The molecule has 0 bridgehead atoms. The van der Waals surface area contributed by atoms with Gasteiger partial charge in [-0.1, -0.05) is 42.5 Å². The molecule has 5 heteroatoms. The number of rotatable bonds is 2. The predicted octanol–water partition coefficient (Wildman–Crippen LogP) is 1.54. The Balaban J connectivity index is 1.90. The van der Waals surface area contributed by atoms with Gasteiger partial charge in [-0.2, -0.15) is 0 Å². The van der Waals surface area contributed by atoms with Crippen LogP contribution in [0.1, 0.15) is 22.8 Å². The Hall–Kier alpha value is -2.13. The zero-order valence-electron chi connectivity index (χ0n) is 10.7. The molecule has 0 amide bonds. The van der Waals surface area contributed by atoms with Crippen LogP contribution < -0.4 is 5.46 Å². The van der Waals surface area contributed by atoms with Gasteiger partial charge in [0, 0.05) is 0 Å². The first kappa shape index (κ1) is 12.9. The van der Waals surface area contributed by atoms with E-state index >= 15 is 0 Å². The summed E-state index contributed by atoms with van der Waals surface area (Å²) in [6.07, 6.45) is -0.752. The van der Waals surface area contributed by atoms with E-state index in [0.717, 1.165) is 22.2 Å². The normalized spacial score (nSPS) is 14.8. The molecular weight excluding hydrogens is 253 g/mol. The summed E-state index contributed by atoms with van der Waals surface area (Å²) in [7, 11) is -0.867. The monoisotopic (exact) mass is 265 g/mol. The van der Waals surface area contributed by atoms with Gasteiger partial charge in [-0.15, -0.1) is 0 Å². The molecule has 0 fully saturated rings. The Morgan fingerprint density at radius 1 is 1.15 bits per heavy atom. The topological polar surface area (TPSA) is 54.0 Å². The van der Waals surface area contributed by atoms with Crippen LogP contribution in [0.5, 0.6) is 0 Å². The van der Waals surface area contributed by atoms with E-state index in [2.05, 4.69) is 4.85 Å². The second-order valence-electron chi connectivity index (χ2n) is 4.73. The average Bonchev–Trinajstić information content (AvgIpc) is 2.87. The molecule has 98 valence electrons. The predicted molar refractivity (Wildman–Crippen MR) is 75.6 cm³/mol. The standard InChI is InChI=1S/C15H12BNO3/c1-17-13-5-2-10(3-6-13)15(18)11-4-7-14-12(8-11)9-20-16(14)19/h2-8,15,18-19H,9H2. The Kier molecular flexibility index (Phi) is 3.29. The molecule has 2 aromatic carbocycles. The third-order valence-corrected chi connectivity index (χ3v) is 3.48. The van der Waals surface area contributed by atoms with Crippen LogP contribution in [-0.2, 0) is 11.3 Å². The van der Waals surface area contributed by atoms with E-state index in [1.165, 1.54) is 0 Å². The van der Waals surface area contributed by atoms with Crippen LogP contribution in [0.25, 0.3) is 4.85 Å². The van der Waals surface area contributed by atoms with Gasteiger partial charge in [-0.05, 0) is 22.2 Å². The highest BCUT2D eigenvalue weighted by Crippen LogP contribution is 2.25. The van der Waals surface area contributed by atoms with Crippen molar-refractivity contribution in [3.05, 3.63) is 70.6 Å². The highest BCUT2D eigenvalue weighted by molar-refractivity contribution is 6.61. The molecule has 1 aliphatic rings. The van der Waals surface area contributed by atoms with Crippen molar-refractivity contribution in [2.75, 3.05) is 0 Å². The van der Waals surface area contributed by atoms with Crippen LogP contribution in [0, 0.1) is 6.57 Å². The van der Waals surface area contributed by atoms with Gasteiger partial charge in [-0.25, -0.2) is 4.85 Å². The van der Waals surface area contributed by atoms with E-state index in [0.29, 0.717) is 12.3 Å². The minimum Gasteiger partial charge on any atom is -0.423 e. The van der Waals surface area contributed by atoms with E-state index in [9.17, 15) is 10.1 Å². The van der Waals surface area contributed by atoms with Crippen LogP contribution in [0.15, 0.2) is 42.5 Å². The lowest BCUT2D eigenvalue weighted by Gasteiger charge is -2.13. The summed E-state index contributed by atoms with van der Waals surface area (Å²) >= 11 is 0. The van der Waals surface area contributed by atoms with Crippen molar-refractivity contribution in [2.45, 2.75) is 12.7 Å². The van der Waals surface area contributed by atoms with Gasteiger partial charge in [0.25, 0.3) is 0 Å². The maximum absolute atomic E-state index is 10.4. The van der Waals surface area contributed by atoms with E-state index in [-0.39, 0.29) is 0 Å². The van der Waals surface area contributed by atoms with Crippen LogP contribution in [0.3, 0.4) is 0 Å². The third kappa shape index (κ3) is 2.21. The fourth-order valence-electron chi connectivity index (χ4n) is 2.34. The molecule has 3 rings (SSSR count). The molecule has 0 saturated heterocycles.